The quantitative estimate of drug-likeness (QED) is 0.769. The van der Waals surface area contributed by atoms with Crippen molar-refractivity contribution in [1.29, 1.82) is 0 Å². The molecule has 1 unspecified atom stereocenters. The molecule has 1 aromatic carbocycles. The van der Waals surface area contributed by atoms with Crippen LogP contribution < -0.4 is 10.1 Å². The van der Waals surface area contributed by atoms with E-state index in [4.69, 9.17) is 9.84 Å². The Balaban J connectivity index is 2.57. The molecule has 1 amide bonds. The topological polar surface area (TPSA) is 78.9 Å². The van der Waals surface area contributed by atoms with E-state index >= 15 is 0 Å². The summed E-state index contributed by atoms with van der Waals surface area (Å²) in [6.45, 7) is 2.13. The highest BCUT2D eigenvalue weighted by Gasteiger charge is 2.20. The average Bonchev–Trinajstić information content (AvgIpc) is 2.38. The molecule has 0 fully saturated rings. The van der Waals surface area contributed by atoms with Gasteiger partial charge >= 0.3 is 5.97 Å². The maximum Gasteiger partial charge on any atom is 0.327 e. The summed E-state index contributed by atoms with van der Waals surface area (Å²) in [6, 6.07) is 6.64. The number of nitrogens with zero attached hydrogens (tertiary/aromatic N) is 1. The van der Waals surface area contributed by atoms with Gasteiger partial charge in [0, 0.05) is 20.0 Å². The van der Waals surface area contributed by atoms with Crippen molar-refractivity contribution in [3.05, 3.63) is 29.8 Å². The lowest BCUT2D eigenvalue weighted by atomic mass is 10.2. The molecular weight excluding hydrogens is 260 g/mol. The highest BCUT2D eigenvalue weighted by Crippen LogP contribution is 2.12. The maximum absolute atomic E-state index is 11.0. The first-order valence-electron chi connectivity index (χ1n) is 6.23. The summed E-state index contributed by atoms with van der Waals surface area (Å²) in [7, 11) is 3.41. The first-order chi connectivity index (χ1) is 9.42. The lowest BCUT2D eigenvalue weighted by Crippen LogP contribution is -2.46. The molecule has 20 heavy (non-hydrogen) atoms. The number of aliphatic carboxylic acids is 1. The van der Waals surface area contributed by atoms with Gasteiger partial charge in [-0.2, -0.15) is 0 Å². The van der Waals surface area contributed by atoms with E-state index < -0.39 is 12.0 Å². The largest absolute Gasteiger partial charge is 0.497 e. The standard InChI is InChI=1S/C14H20N2O4/c1-10(17)15-13(14(18)19)9-16(2)8-11-4-6-12(20-3)7-5-11/h4-7,13H,8-9H2,1-3H3,(H,15,17)(H,18,19). The second-order valence-electron chi connectivity index (χ2n) is 4.64. The number of methoxy groups -OCH3 is 1. The third-order valence-electron chi connectivity index (χ3n) is 2.78. The molecule has 0 saturated heterocycles. The Morgan fingerprint density at radius 3 is 2.40 bits per heavy atom. The van der Waals surface area contributed by atoms with Gasteiger partial charge in [-0.05, 0) is 24.7 Å². The number of hydrogen-bond donors (Lipinski definition) is 2. The fourth-order valence-electron chi connectivity index (χ4n) is 1.85. The molecule has 0 saturated carbocycles. The predicted octanol–water partition coefficient (Wildman–Crippen LogP) is 0.716. The van der Waals surface area contributed by atoms with Crippen LogP contribution in [0.4, 0.5) is 0 Å². The van der Waals surface area contributed by atoms with Crippen molar-refractivity contribution >= 4 is 11.9 Å². The zero-order chi connectivity index (χ0) is 15.1. The van der Waals surface area contributed by atoms with Crippen LogP contribution >= 0.6 is 0 Å². The van der Waals surface area contributed by atoms with Gasteiger partial charge in [0.25, 0.3) is 0 Å². The normalized spacial score (nSPS) is 12.0. The molecular formula is C14H20N2O4. The highest BCUT2D eigenvalue weighted by atomic mass is 16.5. The van der Waals surface area contributed by atoms with Crippen LogP contribution in [0.25, 0.3) is 0 Å². The van der Waals surface area contributed by atoms with Crippen molar-refractivity contribution in [2.24, 2.45) is 0 Å². The molecule has 0 aliphatic carbocycles. The summed E-state index contributed by atoms with van der Waals surface area (Å²) in [4.78, 5) is 23.9. The van der Waals surface area contributed by atoms with Crippen LogP contribution in [0.3, 0.4) is 0 Å². The molecule has 2 N–H and O–H groups in total. The van der Waals surface area contributed by atoms with Crippen LogP contribution in [0.15, 0.2) is 24.3 Å². The molecule has 0 aliphatic rings. The summed E-state index contributed by atoms with van der Waals surface area (Å²) >= 11 is 0. The molecule has 1 rings (SSSR count). The van der Waals surface area contributed by atoms with Crippen LogP contribution in [0.1, 0.15) is 12.5 Å². The van der Waals surface area contributed by atoms with E-state index in [1.807, 2.05) is 36.2 Å². The zero-order valence-electron chi connectivity index (χ0n) is 11.9. The second-order valence-corrected chi connectivity index (χ2v) is 4.64. The number of ether oxygens (including phenoxy) is 1. The fourth-order valence-corrected chi connectivity index (χ4v) is 1.85. The minimum Gasteiger partial charge on any atom is -0.497 e. The Bertz CT molecular complexity index is 459. The average molecular weight is 280 g/mol. The predicted molar refractivity (Wildman–Crippen MR) is 74.6 cm³/mol. The van der Waals surface area contributed by atoms with Crippen molar-refractivity contribution in [3.63, 3.8) is 0 Å². The van der Waals surface area contributed by atoms with Gasteiger partial charge in [0.2, 0.25) is 5.91 Å². The minimum atomic E-state index is -1.04. The van der Waals surface area contributed by atoms with Crippen LogP contribution in [-0.4, -0.2) is 48.6 Å². The number of benzene rings is 1. The fraction of sp³-hybridized carbons (Fsp3) is 0.429. The number of nitrogens with one attached hydrogen (secondary N) is 1. The van der Waals surface area contributed by atoms with Crippen LogP contribution in [-0.2, 0) is 16.1 Å². The monoisotopic (exact) mass is 280 g/mol. The first-order valence-corrected chi connectivity index (χ1v) is 6.23. The summed E-state index contributed by atoms with van der Waals surface area (Å²) in [5, 5.41) is 11.5. The van der Waals surface area contributed by atoms with Gasteiger partial charge in [-0.1, -0.05) is 12.1 Å². The molecule has 110 valence electrons. The van der Waals surface area contributed by atoms with E-state index in [1.165, 1.54) is 6.92 Å². The van der Waals surface area contributed by atoms with Crippen LogP contribution in [0, 0.1) is 0 Å². The Morgan fingerprint density at radius 1 is 1.35 bits per heavy atom. The summed E-state index contributed by atoms with van der Waals surface area (Å²) in [5.41, 5.74) is 1.04. The summed E-state index contributed by atoms with van der Waals surface area (Å²) in [5.74, 6) is -0.616. The third kappa shape index (κ3) is 5.27. The molecule has 0 bridgehead atoms. The first kappa shape index (κ1) is 16.0. The number of rotatable bonds is 7. The van der Waals surface area contributed by atoms with Gasteiger partial charge in [0.15, 0.2) is 0 Å². The van der Waals surface area contributed by atoms with Gasteiger partial charge in [-0.25, -0.2) is 4.79 Å². The van der Waals surface area contributed by atoms with E-state index in [-0.39, 0.29) is 12.5 Å². The Kier molecular flexibility index (Phi) is 5.99. The van der Waals surface area contributed by atoms with Gasteiger partial charge in [-0.15, -0.1) is 0 Å². The molecule has 0 radical (unpaired) electrons. The smallest absolute Gasteiger partial charge is 0.327 e. The lowest BCUT2D eigenvalue weighted by molar-refractivity contribution is -0.142. The molecule has 1 aromatic rings. The molecule has 1 atom stereocenters. The molecule has 0 spiro atoms. The van der Waals surface area contributed by atoms with E-state index in [0.717, 1.165) is 11.3 Å². The summed E-state index contributed by atoms with van der Waals surface area (Å²) in [6.07, 6.45) is 0. The van der Waals surface area contributed by atoms with Gasteiger partial charge < -0.3 is 15.2 Å². The van der Waals surface area contributed by atoms with Crippen molar-refractivity contribution in [3.8, 4) is 5.75 Å². The zero-order valence-corrected chi connectivity index (χ0v) is 11.9. The van der Waals surface area contributed by atoms with Gasteiger partial charge in [0.05, 0.1) is 7.11 Å². The van der Waals surface area contributed by atoms with Crippen molar-refractivity contribution in [2.45, 2.75) is 19.5 Å². The molecule has 6 heteroatoms. The molecule has 6 nitrogen and oxygen atoms in total. The number of carboxylic acid groups (broad SMARTS) is 1. The van der Waals surface area contributed by atoms with E-state index in [9.17, 15) is 9.59 Å². The molecule has 0 heterocycles. The Morgan fingerprint density at radius 2 is 1.95 bits per heavy atom. The van der Waals surface area contributed by atoms with Crippen LogP contribution in [0.5, 0.6) is 5.75 Å². The number of carbonyl (C=O) groups is 2. The van der Waals surface area contributed by atoms with E-state index in [2.05, 4.69) is 5.32 Å². The lowest BCUT2D eigenvalue weighted by Gasteiger charge is -2.21. The number of carbonyl (C=O) groups excluding carboxylic acids is 1. The maximum atomic E-state index is 11.0. The minimum absolute atomic E-state index is 0.237. The number of carboxylic acids is 1. The summed E-state index contributed by atoms with van der Waals surface area (Å²) < 4.78 is 5.08. The van der Waals surface area contributed by atoms with Crippen molar-refractivity contribution in [2.75, 3.05) is 20.7 Å². The molecule has 0 aliphatic heterocycles. The highest BCUT2D eigenvalue weighted by molar-refractivity contribution is 5.82. The second kappa shape index (κ2) is 7.49. The number of hydrogen-bond acceptors (Lipinski definition) is 4. The third-order valence-corrected chi connectivity index (χ3v) is 2.78. The van der Waals surface area contributed by atoms with E-state index in [0.29, 0.717) is 6.54 Å². The Labute approximate surface area is 118 Å². The van der Waals surface area contributed by atoms with Crippen molar-refractivity contribution in [1.82, 2.24) is 10.2 Å². The van der Waals surface area contributed by atoms with Crippen LogP contribution in [0.2, 0.25) is 0 Å². The molecule has 0 aromatic heterocycles. The number of amides is 1. The van der Waals surface area contributed by atoms with E-state index in [1.54, 1.807) is 7.11 Å². The SMILES string of the molecule is COc1ccc(CN(C)CC(NC(C)=O)C(=O)O)cc1. The number of likely N-dealkylation sites (N-methyl/N-ethyl adjacent to an activating group) is 1. The van der Waals surface area contributed by atoms with Gasteiger partial charge in [0.1, 0.15) is 11.8 Å². The van der Waals surface area contributed by atoms with Crippen molar-refractivity contribution < 1.29 is 19.4 Å². The van der Waals surface area contributed by atoms with Gasteiger partial charge in [-0.3, -0.25) is 9.69 Å². The Hall–Kier alpha value is -2.08.